The van der Waals surface area contributed by atoms with Crippen LogP contribution in [0.3, 0.4) is 0 Å². The first kappa shape index (κ1) is 14.3. The molecule has 98 valence electrons. The van der Waals surface area contributed by atoms with E-state index in [9.17, 15) is 18.0 Å². The molecule has 0 aliphatic heterocycles. The third kappa shape index (κ3) is 4.18. The molecule has 1 fully saturated rings. The molecule has 1 aliphatic rings. The van der Waals surface area contributed by atoms with Crippen LogP contribution in [0.4, 0.5) is 13.2 Å². The monoisotopic (exact) mass is 252 g/mol. The quantitative estimate of drug-likeness (QED) is 0.721. The van der Waals surface area contributed by atoms with Crippen LogP contribution in [0.25, 0.3) is 0 Å². The second-order valence-electron chi connectivity index (χ2n) is 4.01. The van der Waals surface area contributed by atoms with Crippen molar-refractivity contribution in [3.63, 3.8) is 0 Å². The van der Waals surface area contributed by atoms with Crippen molar-refractivity contribution in [1.29, 1.82) is 0 Å². The van der Waals surface area contributed by atoms with Gasteiger partial charge in [-0.25, -0.2) is 0 Å². The number of carbonyl (C=O) groups is 1. The van der Waals surface area contributed by atoms with E-state index in [0.717, 1.165) is 0 Å². The zero-order valence-electron chi connectivity index (χ0n) is 9.50. The number of carbonyl (C=O) groups excluding carboxylic acids is 1. The van der Waals surface area contributed by atoms with E-state index < -0.39 is 12.3 Å². The van der Waals surface area contributed by atoms with Crippen molar-refractivity contribution in [3.8, 4) is 0 Å². The summed E-state index contributed by atoms with van der Waals surface area (Å²) < 4.78 is 44.0. The molecular formula is C11H15F3O3. The van der Waals surface area contributed by atoms with Crippen molar-refractivity contribution >= 4 is 5.97 Å². The maximum absolute atomic E-state index is 11.8. The molecular weight excluding hydrogens is 237 g/mol. The zero-order chi connectivity index (χ0) is 13.1. The number of rotatable bonds is 4. The van der Waals surface area contributed by atoms with Crippen LogP contribution in [-0.2, 0) is 14.3 Å². The Bertz CT molecular complexity index is 253. The van der Waals surface area contributed by atoms with Gasteiger partial charge in [-0.3, -0.25) is 4.79 Å². The number of esters is 1. The highest BCUT2D eigenvalue weighted by Gasteiger charge is 2.40. The van der Waals surface area contributed by atoms with Crippen molar-refractivity contribution < 1.29 is 27.4 Å². The van der Waals surface area contributed by atoms with Crippen molar-refractivity contribution in [2.45, 2.75) is 31.7 Å². The topological polar surface area (TPSA) is 35.5 Å². The number of hydrogen-bond donors (Lipinski definition) is 0. The van der Waals surface area contributed by atoms with Crippen molar-refractivity contribution in [1.82, 2.24) is 0 Å². The van der Waals surface area contributed by atoms with Gasteiger partial charge in [0.15, 0.2) is 0 Å². The fraction of sp³-hybridized carbons (Fsp3) is 0.727. The van der Waals surface area contributed by atoms with E-state index in [-0.39, 0.29) is 24.4 Å². The highest BCUT2D eigenvalue weighted by Crippen LogP contribution is 2.38. The molecule has 1 saturated carbocycles. The summed E-state index contributed by atoms with van der Waals surface area (Å²) in [4.78, 5) is 11.1. The molecule has 0 bridgehead atoms. The van der Waals surface area contributed by atoms with Crippen LogP contribution in [0, 0.1) is 25.2 Å². The van der Waals surface area contributed by atoms with Gasteiger partial charge < -0.3 is 9.47 Å². The lowest BCUT2D eigenvalue weighted by Gasteiger charge is -2.22. The summed E-state index contributed by atoms with van der Waals surface area (Å²) in [5, 5.41) is 0. The smallest absolute Gasteiger partial charge is 0.381 e. The number of methoxy groups -OCH3 is 1. The maximum Gasteiger partial charge on any atom is 0.575 e. The van der Waals surface area contributed by atoms with E-state index in [1.807, 2.05) is 6.42 Å². The lowest BCUT2D eigenvalue weighted by atomic mass is 9.89. The average molecular weight is 252 g/mol. The third-order valence-corrected chi connectivity index (χ3v) is 2.97. The number of halogens is 3. The summed E-state index contributed by atoms with van der Waals surface area (Å²) >= 11 is 0. The van der Waals surface area contributed by atoms with Gasteiger partial charge in [-0.2, -0.15) is 0 Å². The Morgan fingerprint density at radius 2 is 2.18 bits per heavy atom. The van der Waals surface area contributed by atoms with Gasteiger partial charge in [-0.15, -0.1) is 13.2 Å². The van der Waals surface area contributed by atoms with Crippen LogP contribution >= 0.6 is 0 Å². The SMILES string of the molecule is [CH2]CC1C[CH]C(OC)C1CC(=O)OC(F)(F)F. The minimum Gasteiger partial charge on any atom is -0.381 e. The Hall–Kier alpha value is -0.780. The second-order valence-corrected chi connectivity index (χ2v) is 4.01. The Kier molecular flexibility index (Phi) is 4.80. The van der Waals surface area contributed by atoms with Crippen LogP contribution in [0.15, 0.2) is 0 Å². The summed E-state index contributed by atoms with van der Waals surface area (Å²) in [7, 11) is 1.47. The first-order valence-electron chi connectivity index (χ1n) is 5.31. The summed E-state index contributed by atoms with van der Waals surface area (Å²) in [5.41, 5.74) is 0. The summed E-state index contributed by atoms with van der Waals surface area (Å²) in [5.74, 6) is -1.48. The highest BCUT2D eigenvalue weighted by molar-refractivity contribution is 5.70. The van der Waals surface area contributed by atoms with Gasteiger partial charge in [0.25, 0.3) is 0 Å². The Balaban J connectivity index is 2.55. The molecule has 0 aromatic rings. The number of ether oxygens (including phenoxy) is 2. The predicted octanol–water partition coefficient (Wildman–Crippen LogP) is 2.52. The molecule has 0 amide bonds. The summed E-state index contributed by atoms with van der Waals surface area (Å²) in [6, 6.07) is 0. The first-order valence-corrected chi connectivity index (χ1v) is 5.31. The van der Waals surface area contributed by atoms with Gasteiger partial charge in [-0.05, 0) is 24.7 Å². The van der Waals surface area contributed by atoms with Crippen LogP contribution in [-0.4, -0.2) is 25.5 Å². The summed E-state index contributed by atoms with van der Waals surface area (Å²) in [6.45, 7) is 3.72. The van der Waals surface area contributed by atoms with E-state index in [4.69, 9.17) is 4.74 Å². The molecule has 6 heteroatoms. The molecule has 0 saturated heterocycles. The van der Waals surface area contributed by atoms with Crippen LogP contribution in [0.1, 0.15) is 19.3 Å². The largest absolute Gasteiger partial charge is 0.575 e. The van der Waals surface area contributed by atoms with Crippen molar-refractivity contribution in [3.05, 3.63) is 13.3 Å². The van der Waals surface area contributed by atoms with Crippen molar-refractivity contribution in [2.75, 3.05) is 7.11 Å². The lowest BCUT2D eigenvalue weighted by Crippen LogP contribution is -2.28. The molecule has 0 aromatic heterocycles. The molecule has 1 rings (SSSR count). The molecule has 0 spiro atoms. The normalized spacial score (nSPS) is 29.4. The minimum atomic E-state index is -4.91. The zero-order valence-corrected chi connectivity index (χ0v) is 9.50. The van der Waals surface area contributed by atoms with Crippen molar-refractivity contribution in [2.24, 2.45) is 11.8 Å². The molecule has 17 heavy (non-hydrogen) atoms. The van der Waals surface area contributed by atoms with E-state index in [1.165, 1.54) is 7.11 Å². The second kappa shape index (κ2) is 5.71. The number of alkyl halides is 3. The minimum absolute atomic E-state index is 0.0701. The molecule has 0 heterocycles. The van der Waals surface area contributed by atoms with Gasteiger partial charge in [0, 0.05) is 7.11 Å². The lowest BCUT2D eigenvalue weighted by molar-refractivity contribution is -0.306. The molecule has 3 unspecified atom stereocenters. The van der Waals surface area contributed by atoms with E-state index in [1.54, 1.807) is 0 Å². The molecule has 3 nitrogen and oxygen atoms in total. The van der Waals surface area contributed by atoms with E-state index in [0.29, 0.717) is 12.8 Å². The third-order valence-electron chi connectivity index (χ3n) is 2.97. The molecule has 2 radical (unpaired) electrons. The molecule has 0 aromatic carbocycles. The average Bonchev–Trinajstić information content (AvgIpc) is 2.57. The number of hydrogen-bond acceptors (Lipinski definition) is 3. The van der Waals surface area contributed by atoms with Gasteiger partial charge >= 0.3 is 12.3 Å². The first-order chi connectivity index (χ1) is 7.87. The molecule has 0 N–H and O–H groups in total. The Morgan fingerprint density at radius 3 is 2.65 bits per heavy atom. The van der Waals surface area contributed by atoms with Crippen LogP contribution in [0.5, 0.6) is 0 Å². The summed E-state index contributed by atoms with van der Waals surface area (Å²) in [6.07, 6.45) is -2.40. The van der Waals surface area contributed by atoms with Gasteiger partial charge in [0.2, 0.25) is 0 Å². The fourth-order valence-electron chi connectivity index (χ4n) is 2.18. The predicted molar refractivity (Wildman–Crippen MR) is 53.4 cm³/mol. The molecule has 3 atom stereocenters. The Morgan fingerprint density at radius 1 is 1.53 bits per heavy atom. The van der Waals surface area contributed by atoms with Crippen LogP contribution < -0.4 is 0 Å². The molecule has 1 aliphatic carbocycles. The van der Waals surface area contributed by atoms with Gasteiger partial charge in [0.05, 0.1) is 12.5 Å². The van der Waals surface area contributed by atoms with E-state index >= 15 is 0 Å². The standard InChI is InChI=1S/C11H15F3O3/c1-3-7-4-5-9(16-2)8(7)6-10(15)17-11(12,13)14/h5,7-9H,1,3-4,6H2,2H3. The fourth-order valence-corrected chi connectivity index (χ4v) is 2.18. The van der Waals surface area contributed by atoms with E-state index in [2.05, 4.69) is 11.7 Å². The Labute approximate surface area is 98.3 Å². The highest BCUT2D eigenvalue weighted by atomic mass is 19.4. The van der Waals surface area contributed by atoms with Gasteiger partial charge in [0.1, 0.15) is 0 Å². The van der Waals surface area contributed by atoms with Crippen LogP contribution in [0.2, 0.25) is 0 Å². The maximum atomic E-state index is 11.8. The van der Waals surface area contributed by atoms with Gasteiger partial charge in [-0.1, -0.05) is 13.3 Å².